The Bertz CT molecular complexity index is 475. The fourth-order valence-electron chi connectivity index (χ4n) is 1.57. The van der Waals surface area contributed by atoms with Crippen LogP contribution in [0.25, 0.3) is 0 Å². The van der Waals surface area contributed by atoms with Gasteiger partial charge in [-0.1, -0.05) is 25.7 Å². The predicted molar refractivity (Wildman–Crippen MR) is 80.7 cm³/mol. The molecule has 0 bridgehead atoms. The quantitative estimate of drug-likeness (QED) is 0.592. The van der Waals surface area contributed by atoms with Gasteiger partial charge in [0.25, 0.3) is 0 Å². The van der Waals surface area contributed by atoms with Crippen molar-refractivity contribution in [1.82, 2.24) is 0 Å². The van der Waals surface area contributed by atoms with E-state index >= 15 is 0 Å². The highest BCUT2D eigenvalue weighted by atomic mass is 19.1. The van der Waals surface area contributed by atoms with E-state index < -0.39 is 0 Å². The Labute approximate surface area is 126 Å². The predicted octanol–water partition coefficient (Wildman–Crippen LogP) is 3.00. The van der Waals surface area contributed by atoms with Crippen LogP contribution >= 0.6 is 0 Å². The SMILES string of the molecule is CC(C)CCOCCOc1ccc(F)cc1C#CCCO. The zero-order valence-corrected chi connectivity index (χ0v) is 12.7. The lowest BCUT2D eigenvalue weighted by Gasteiger charge is -2.10. The van der Waals surface area contributed by atoms with Crippen LogP contribution in [0.1, 0.15) is 32.3 Å². The van der Waals surface area contributed by atoms with E-state index in [1.807, 2.05) is 0 Å². The van der Waals surface area contributed by atoms with Crippen LogP contribution < -0.4 is 4.74 Å². The van der Waals surface area contributed by atoms with Crippen molar-refractivity contribution in [3.8, 4) is 17.6 Å². The molecule has 1 aromatic carbocycles. The van der Waals surface area contributed by atoms with Gasteiger partial charge in [-0.05, 0) is 30.5 Å². The molecule has 0 saturated heterocycles. The minimum Gasteiger partial charge on any atom is -0.490 e. The normalized spacial score (nSPS) is 10.3. The monoisotopic (exact) mass is 294 g/mol. The summed E-state index contributed by atoms with van der Waals surface area (Å²) in [7, 11) is 0. The highest BCUT2D eigenvalue weighted by molar-refractivity contribution is 5.46. The van der Waals surface area contributed by atoms with Crippen LogP contribution in [-0.4, -0.2) is 31.5 Å². The fraction of sp³-hybridized carbons (Fsp3) is 0.529. The van der Waals surface area contributed by atoms with Gasteiger partial charge in [-0.25, -0.2) is 4.39 Å². The molecule has 3 nitrogen and oxygen atoms in total. The summed E-state index contributed by atoms with van der Waals surface area (Å²) >= 11 is 0. The Balaban J connectivity index is 2.45. The molecule has 0 aliphatic rings. The highest BCUT2D eigenvalue weighted by Crippen LogP contribution is 2.18. The minimum atomic E-state index is -0.358. The third-order valence-electron chi connectivity index (χ3n) is 2.73. The number of ether oxygens (including phenoxy) is 2. The molecule has 4 heteroatoms. The molecular weight excluding hydrogens is 271 g/mol. The lowest BCUT2D eigenvalue weighted by Crippen LogP contribution is -2.09. The van der Waals surface area contributed by atoms with Gasteiger partial charge >= 0.3 is 0 Å². The second-order valence-corrected chi connectivity index (χ2v) is 5.06. The molecule has 0 unspecified atom stereocenters. The summed E-state index contributed by atoms with van der Waals surface area (Å²) in [5, 5.41) is 8.71. The van der Waals surface area contributed by atoms with E-state index in [2.05, 4.69) is 25.7 Å². The molecule has 1 aromatic rings. The first-order chi connectivity index (χ1) is 10.1. The molecule has 116 valence electrons. The van der Waals surface area contributed by atoms with Crippen molar-refractivity contribution in [3.05, 3.63) is 29.6 Å². The Morgan fingerprint density at radius 1 is 1.24 bits per heavy atom. The van der Waals surface area contributed by atoms with Crippen LogP contribution in [0.3, 0.4) is 0 Å². The molecule has 0 fully saturated rings. The van der Waals surface area contributed by atoms with Crippen LogP contribution in [0.5, 0.6) is 5.75 Å². The van der Waals surface area contributed by atoms with E-state index in [-0.39, 0.29) is 12.4 Å². The highest BCUT2D eigenvalue weighted by Gasteiger charge is 2.03. The molecule has 21 heavy (non-hydrogen) atoms. The average Bonchev–Trinajstić information content (AvgIpc) is 2.44. The molecule has 0 saturated carbocycles. The maximum absolute atomic E-state index is 13.2. The summed E-state index contributed by atoms with van der Waals surface area (Å²) < 4.78 is 24.3. The Morgan fingerprint density at radius 2 is 2.05 bits per heavy atom. The summed E-state index contributed by atoms with van der Waals surface area (Å²) in [5.74, 6) is 6.37. The van der Waals surface area contributed by atoms with Gasteiger partial charge < -0.3 is 14.6 Å². The maximum Gasteiger partial charge on any atom is 0.135 e. The van der Waals surface area contributed by atoms with Crippen molar-refractivity contribution in [2.75, 3.05) is 26.4 Å². The van der Waals surface area contributed by atoms with Crippen molar-refractivity contribution in [3.63, 3.8) is 0 Å². The van der Waals surface area contributed by atoms with Crippen LogP contribution in [-0.2, 0) is 4.74 Å². The van der Waals surface area contributed by atoms with Gasteiger partial charge in [0.1, 0.15) is 18.2 Å². The van der Waals surface area contributed by atoms with Crippen LogP contribution in [0.4, 0.5) is 4.39 Å². The maximum atomic E-state index is 13.2. The van der Waals surface area contributed by atoms with Gasteiger partial charge in [-0.3, -0.25) is 0 Å². The molecule has 0 amide bonds. The summed E-state index contributed by atoms with van der Waals surface area (Å²) in [6.45, 7) is 5.90. The number of benzene rings is 1. The smallest absolute Gasteiger partial charge is 0.135 e. The molecule has 0 aromatic heterocycles. The van der Waals surface area contributed by atoms with Gasteiger partial charge in [0.15, 0.2) is 0 Å². The average molecular weight is 294 g/mol. The Hall–Kier alpha value is -1.57. The molecule has 0 radical (unpaired) electrons. The lowest BCUT2D eigenvalue weighted by molar-refractivity contribution is 0.0925. The molecule has 0 spiro atoms. The van der Waals surface area contributed by atoms with Crippen LogP contribution in [0, 0.1) is 23.6 Å². The third-order valence-corrected chi connectivity index (χ3v) is 2.73. The summed E-state index contributed by atoms with van der Waals surface area (Å²) in [5.41, 5.74) is 0.491. The van der Waals surface area contributed by atoms with Gasteiger partial charge in [0, 0.05) is 13.0 Å². The Kier molecular flexibility index (Phi) is 8.49. The zero-order chi connectivity index (χ0) is 15.5. The first-order valence-corrected chi connectivity index (χ1v) is 7.23. The van der Waals surface area contributed by atoms with E-state index in [1.54, 1.807) is 6.07 Å². The summed E-state index contributed by atoms with van der Waals surface area (Å²) in [6.07, 6.45) is 1.38. The van der Waals surface area contributed by atoms with Crippen molar-refractivity contribution < 1.29 is 19.0 Å². The molecule has 1 N–H and O–H groups in total. The lowest BCUT2D eigenvalue weighted by atomic mass is 10.1. The summed E-state index contributed by atoms with van der Waals surface area (Å²) in [4.78, 5) is 0. The number of aliphatic hydroxyl groups is 1. The first-order valence-electron chi connectivity index (χ1n) is 7.23. The van der Waals surface area contributed by atoms with Crippen LogP contribution in [0.15, 0.2) is 18.2 Å². The number of aliphatic hydroxyl groups excluding tert-OH is 1. The van der Waals surface area contributed by atoms with E-state index in [1.165, 1.54) is 12.1 Å². The van der Waals surface area contributed by atoms with Crippen molar-refractivity contribution >= 4 is 0 Å². The molecule has 0 heterocycles. The van der Waals surface area contributed by atoms with Gasteiger partial charge in [-0.15, -0.1) is 0 Å². The topological polar surface area (TPSA) is 38.7 Å². The second-order valence-electron chi connectivity index (χ2n) is 5.06. The largest absolute Gasteiger partial charge is 0.490 e. The molecule has 0 aliphatic carbocycles. The van der Waals surface area contributed by atoms with E-state index in [0.29, 0.717) is 43.5 Å². The van der Waals surface area contributed by atoms with E-state index in [0.717, 1.165) is 6.42 Å². The number of rotatable bonds is 8. The second kappa shape index (κ2) is 10.2. The van der Waals surface area contributed by atoms with Gasteiger partial charge in [0.05, 0.1) is 18.8 Å². The van der Waals surface area contributed by atoms with Crippen LogP contribution in [0.2, 0.25) is 0 Å². The molecule has 1 rings (SSSR count). The van der Waals surface area contributed by atoms with E-state index in [9.17, 15) is 4.39 Å². The fourth-order valence-corrected chi connectivity index (χ4v) is 1.57. The minimum absolute atomic E-state index is 0.0117. The van der Waals surface area contributed by atoms with Crippen molar-refractivity contribution in [2.24, 2.45) is 5.92 Å². The Morgan fingerprint density at radius 3 is 2.76 bits per heavy atom. The molecule has 0 aliphatic heterocycles. The van der Waals surface area contributed by atoms with E-state index in [4.69, 9.17) is 14.6 Å². The zero-order valence-electron chi connectivity index (χ0n) is 12.7. The number of hydrogen-bond acceptors (Lipinski definition) is 3. The van der Waals surface area contributed by atoms with Crippen molar-refractivity contribution in [1.29, 1.82) is 0 Å². The van der Waals surface area contributed by atoms with Crippen molar-refractivity contribution in [2.45, 2.75) is 26.7 Å². The first kappa shape index (κ1) is 17.5. The molecule has 0 atom stereocenters. The standard InChI is InChI=1S/C17H23FO3/c1-14(2)8-10-20-11-12-21-17-7-6-16(18)13-15(17)5-3-4-9-19/h6-7,13-14,19H,4,8-12H2,1-2H3. The number of hydrogen-bond donors (Lipinski definition) is 1. The summed E-state index contributed by atoms with van der Waals surface area (Å²) in [6, 6.07) is 4.23. The van der Waals surface area contributed by atoms with Gasteiger partial charge in [-0.2, -0.15) is 0 Å². The number of halogens is 1. The third kappa shape index (κ3) is 7.69. The van der Waals surface area contributed by atoms with Gasteiger partial charge in [0.2, 0.25) is 0 Å². The molecular formula is C17H23FO3.